The zero-order chi connectivity index (χ0) is 10.9. The van der Waals surface area contributed by atoms with Crippen LogP contribution in [-0.4, -0.2) is 37.5 Å². The number of esters is 1. The van der Waals surface area contributed by atoms with Gasteiger partial charge in [0.05, 0.1) is 37.9 Å². The second-order valence-corrected chi connectivity index (χ2v) is 4.64. The van der Waals surface area contributed by atoms with E-state index < -0.39 is 5.60 Å². The van der Waals surface area contributed by atoms with Crippen molar-refractivity contribution in [2.45, 2.75) is 50.4 Å². The molecular weight excluding hydrogens is 196 g/mol. The van der Waals surface area contributed by atoms with E-state index in [0.29, 0.717) is 6.61 Å². The van der Waals surface area contributed by atoms with Crippen molar-refractivity contribution >= 4 is 5.97 Å². The van der Waals surface area contributed by atoms with E-state index in [4.69, 9.17) is 9.47 Å². The van der Waals surface area contributed by atoms with Gasteiger partial charge in [0.25, 0.3) is 0 Å². The van der Waals surface area contributed by atoms with Gasteiger partial charge in [0.1, 0.15) is 0 Å². The van der Waals surface area contributed by atoms with Crippen LogP contribution in [0.2, 0.25) is 0 Å². The van der Waals surface area contributed by atoms with Crippen molar-refractivity contribution in [1.82, 2.24) is 0 Å². The number of rotatable bonds is 2. The first-order valence-corrected chi connectivity index (χ1v) is 5.49. The van der Waals surface area contributed by atoms with Crippen molar-refractivity contribution in [1.29, 1.82) is 0 Å². The smallest absolute Gasteiger partial charge is 0.308 e. The minimum atomic E-state index is -0.501. The Labute approximate surface area is 89.9 Å². The highest BCUT2D eigenvalue weighted by Crippen LogP contribution is 2.35. The Morgan fingerprint density at radius 2 is 2.20 bits per heavy atom. The normalized spacial score (nSPS) is 39.9. The fourth-order valence-corrected chi connectivity index (χ4v) is 2.37. The van der Waals surface area contributed by atoms with E-state index >= 15 is 0 Å². The number of ether oxygens (including phenoxy) is 3. The highest BCUT2D eigenvalue weighted by molar-refractivity contribution is 5.70. The molecule has 15 heavy (non-hydrogen) atoms. The molecule has 4 heteroatoms. The second-order valence-electron chi connectivity index (χ2n) is 4.64. The minimum Gasteiger partial charge on any atom is -0.469 e. The van der Waals surface area contributed by atoms with Gasteiger partial charge in [0, 0.05) is 0 Å². The Kier molecular flexibility index (Phi) is 2.98. The van der Waals surface area contributed by atoms with Crippen molar-refractivity contribution in [3.63, 3.8) is 0 Å². The molecule has 0 spiro atoms. The molecule has 2 aliphatic rings. The molecule has 0 amide bonds. The van der Waals surface area contributed by atoms with Crippen molar-refractivity contribution < 1.29 is 19.0 Å². The van der Waals surface area contributed by atoms with Crippen molar-refractivity contribution in [3.8, 4) is 0 Å². The van der Waals surface area contributed by atoms with Gasteiger partial charge in [-0.25, -0.2) is 0 Å². The molecule has 0 N–H and O–H groups in total. The average Bonchev–Trinajstić information content (AvgIpc) is 2.63. The number of hydrogen-bond acceptors (Lipinski definition) is 4. The molecule has 1 saturated carbocycles. The Morgan fingerprint density at radius 3 is 2.93 bits per heavy atom. The molecule has 1 aliphatic carbocycles. The van der Waals surface area contributed by atoms with E-state index in [1.165, 1.54) is 7.11 Å². The zero-order valence-corrected chi connectivity index (χ0v) is 9.32. The van der Waals surface area contributed by atoms with E-state index in [-0.39, 0.29) is 24.6 Å². The molecule has 2 rings (SSSR count). The second kappa shape index (κ2) is 4.10. The van der Waals surface area contributed by atoms with Crippen LogP contribution in [0.25, 0.3) is 0 Å². The van der Waals surface area contributed by atoms with E-state index in [0.717, 1.165) is 19.3 Å². The molecule has 0 aromatic carbocycles. The maximum Gasteiger partial charge on any atom is 0.308 e. The summed E-state index contributed by atoms with van der Waals surface area (Å²) in [6, 6.07) is 0. The first kappa shape index (κ1) is 10.9. The summed E-state index contributed by atoms with van der Waals surface area (Å²) in [5, 5.41) is 0. The van der Waals surface area contributed by atoms with Gasteiger partial charge >= 0.3 is 5.97 Å². The number of carbonyl (C=O) groups excluding carboxylic acids is 1. The Hall–Kier alpha value is -0.610. The van der Waals surface area contributed by atoms with Crippen LogP contribution in [0.4, 0.5) is 0 Å². The molecule has 3 atom stereocenters. The quantitative estimate of drug-likeness (QED) is 0.649. The van der Waals surface area contributed by atoms with Gasteiger partial charge < -0.3 is 14.2 Å². The van der Waals surface area contributed by atoms with Crippen LogP contribution in [-0.2, 0) is 19.0 Å². The molecule has 2 fully saturated rings. The molecule has 0 radical (unpaired) electrons. The molecule has 1 saturated heterocycles. The van der Waals surface area contributed by atoms with Crippen LogP contribution in [0.5, 0.6) is 0 Å². The lowest BCUT2D eigenvalue weighted by atomic mass is 10.0. The highest BCUT2D eigenvalue weighted by atomic mass is 16.6. The van der Waals surface area contributed by atoms with Crippen LogP contribution in [0.1, 0.15) is 32.6 Å². The third-order valence-electron chi connectivity index (χ3n) is 3.18. The maximum atomic E-state index is 11.2. The van der Waals surface area contributed by atoms with Gasteiger partial charge in [0.2, 0.25) is 0 Å². The molecule has 0 bridgehead atoms. The summed E-state index contributed by atoms with van der Waals surface area (Å²) in [5.41, 5.74) is -0.501. The van der Waals surface area contributed by atoms with Gasteiger partial charge in [-0.1, -0.05) is 0 Å². The summed E-state index contributed by atoms with van der Waals surface area (Å²) in [4.78, 5) is 11.2. The number of methoxy groups -OCH3 is 1. The topological polar surface area (TPSA) is 44.8 Å². The molecule has 1 heterocycles. The van der Waals surface area contributed by atoms with Crippen LogP contribution >= 0.6 is 0 Å². The van der Waals surface area contributed by atoms with Crippen LogP contribution in [0, 0.1) is 0 Å². The molecular formula is C11H18O4. The summed E-state index contributed by atoms with van der Waals surface area (Å²) >= 11 is 0. The molecule has 86 valence electrons. The van der Waals surface area contributed by atoms with Gasteiger partial charge in [-0.05, 0) is 26.2 Å². The first-order valence-electron chi connectivity index (χ1n) is 5.49. The average molecular weight is 214 g/mol. The summed E-state index contributed by atoms with van der Waals surface area (Å²) in [5.74, 6) is -0.238. The first-order chi connectivity index (χ1) is 7.13. The molecule has 0 aromatic rings. The van der Waals surface area contributed by atoms with Crippen LogP contribution in [0.15, 0.2) is 0 Å². The lowest BCUT2D eigenvalue weighted by molar-refractivity contribution is -0.219. The lowest BCUT2D eigenvalue weighted by Crippen LogP contribution is -2.49. The van der Waals surface area contributed by atoms with E-state index in [1.807, 2.05) is 6.92 Å². The predicted octanol–water partition coefficient (Wildman–Crippen LogP) is 1.28. The summed E-state index contributed by atoms with van der Waals surface area (Å²) in [6.07, 6.45) is 3.97. The molecule has 0 aromatic heterocycles. The third kappa shape index (κ3) is 2.32. The molecule has 0 unspecified atom stereocenters. The van der Waals surface area contributed by atoms with E-state index in [1.54, 1.807) is 0 Å². The van der Waals surface area contributed by atoms with E-state index in [9.17, 15) is 4.79 Å². The van der Waals surface area contributed by atoms with Crippen LogP contribution < -0.4 is 0 Å². The van der Waals surface area contributed by atoms with Gasteiger partial charge in [0.15, 0.2) is 0 Å². The predicted molar refractivity (Wildman–Crippen MR) is 53.5 cm³/mol. The third-order valence-corrected chi connectivity index (χ3v) is 3.18. The lowest BCUT2D eigenvalue weighted by Gasteiger charge is -2.39. The fourth-order valence-electron chi connectivity index (χ4n) is 2.37. The zero-order valence-electron chi connectivity index (χ0n) is 9.32. The fraction of sp³-hybridized carbons (Fsp3) is 0.909. The van der Waals surface area contributed by atoms with Crippen LogP contribution in [0.3, 0.4) is 0 Å². The van der Waals surface area contributed by atoms with Crippen molar-refractivity contribution in [2.24, 2.45) is 0 Å². The summed E-state index contributed by atoms with van der Waals surface area (Å²) < 4.78 is 16.3. The highest BCUT2D eigenvalue weighted by Gasteiger charge is 2.43. The number of fused-ring (bicyclic) bond motifs is 1. The molecule has 4 nitrogen and oxygen atoms in total. The van der Waals surface area contributed by atoms with Gasteiger partial charge in [-0.15, -0.1) is 0 Å². The van der Waals surface area contributed by atoms with Gasteiger partial charge in [-0.2, -0.15) is 0 Å². The summed E-state index contributed by atoms with van der Waals surface area (Å²) in [7, 11) is 1.40. The van der Waals surface area contributed by atoms with Gasteiger partial charge in [-0.3, -0.25) is 4.79 Å². The minimum absolute atomic E-state index is 0.174. The summed E-state index contributed by atoms with van der Waals surface area (Å²) in [6.45, 7) is 2.40. The Bertz CT molecular complexity index is 253. The standard InChI is InChI=1S/C11H18O4/c1-11(6-10(12)13-2)7-14-8-4-3-5-9(8)15-11/h8-9H,3-7H2,1-2H3/t8-,9+,11+/m1/s1. The Morgan fingerprint density at radius 1 is 1.47 bits per heavy atom. The Balaban J connectivity index is 1.95. The largest absolute Gasteiger partial charge is 0.469 e. The number of hydrogen-bond donors (Lipinski definition) is 0. The maximum absolute atomic E-state index is 11.2. The molecule has 1 aliphatic heterocycles. The van der Waals surface area contributed by atoms with Crippen molar-refractivity contribution in [3.05, 3.63) is 0 Å². The monoisotopic (exact) mass is 214 g/mol. The van der Waals surface area contributed by atoms with E-state index in [2.05, 4.69) is 4.74 Å². The SMILES string of the molecule is COC(=O)C[C@@]1(C)CO[C@@H]2CCC[C@@H]2O1. The number of carbonyl (C=O) groups is 1. The van der Waals surface area contributed by atoms with Crippen molar-refractivity contribution in [2.75, 3.05) is 13.7 Å².